The van der Waals surface area contributed by atoms with E-state index in [4.69, 9.17) is 14.2 Å². The van der Waals surface area contributed by atoms with Crippen LogP contribution >= 0.6 is 0 Å². The summed E-state index contributed by atoms with van der Waals surface area (Å²) in [6.45, 7) is -0.0326. The number of carbonyl (C=O) groups is 1. The molecule has 0 spiro atoms. The second-order valence-corrected chi connectivity index (χ2v) is 8.78. The first kappa shape index (κ1) is 21.8. The zero-order chi connectivity index (χ0) is 22.6. The van der Waals surface area contributed by atoms with Gasteiger partial charge in [0.05, 0.1) is 4.90 Å². The monoisotopic (exact) mass is 455 g/mol. The molecule has 3 aromatic rings. The molecule has 0 fully saturated rings. The molecule has 0 radical (unpaired) electrons. The summed E-state index contributed by atoms with van der Waals surface area (Å²) in [4.78, 5) is 12.9. The Hall–Kier alpha value is -3.40. The van der Waals surface area contributed by atoms with Gasteiger partial charge in [-0.2, -0.15) is 4.72 Å². The molecule has 0 amide bonds. The Labute approximate surface area is 185 Å². The van der Waals surface area contributed by atoms with Crippen LogP contribution in [0.15, 0.2) is 83.8 Å². The molecule has 32 heavy (non-hydrogen) atoms. The molecule has 3 aromatic carbocycles. The number of rotatable bonds is 8. The van der Waals surface area contributed by atoms with Crippen LogP contribution in [-0.4, -0.2) is 32.3 Å². The first-order chi connectivity index (χ1) is 15.4. The maximum Gasteiger partial charge on any atom is 0.327 e. The van der Waals surface area contributed by atoms with E-state index in [1.807, 2.05) is 6.07 Å². The predicted molar refractivity (Wildman–Crippen MR) is 114 cm³/mol. The fourth-order valence-electron chi connectivity index (χ4n) is 3.18. The number of hydrogen-bond acceptors (Lipinski definition) is 7. The molecule has 166 valence electrons. The topological polar surface area (TPSA) is 111 Å². The van der Waals surface area contributed by atoms with Crippen LogP contribution in [0, 0.1) is 0 Å². The van der Waals surface area contributed by atoms with Crippen LogP contribution in [0.4, 0.5) is 0 Å². The van der Waals surface area contributed by atoms with Gasteiger partial charge in [-0.05, 0) is 35.4 Å². The van der Waals surface area contributed by atoms with Gasteiger partial charge in [-0.15, -0.1) is 0 Å². The lowest BCUT2D eigenvalue weighted by Gasteiger charge is -2.23. The molecule has 2 atom stereocenters. The molecule has 0 saturated heterocycles. The molecule has 4 rings (SSSR count). The number of fused-ring (bicyclic) bond motifs is 1. The number of nitrogens with one attached hydrogen (secondary N) is 1. The van der Waals surface area contributed by atoms with Crippen LogP contribution in [0.2, 0.25) is 0 Å². The van der Waals surface area contributed by atoms with Gasteiger partial charge in [-0.1, -0.05) is 54.6 Å². The van der Waals surface area contributed by atoms with Crippen molar-refractivity contribution in [3.05, 3.63) is 90.0 Å². The van der Waals surface area contributed by atoms with Crippen molar-refractivity contribution in [3.63, 3.8) is 0 Å². The summed E-state index contributed by atoms with van der Waals surface area (Å²) < 4.78 is 43.9. The van der Waals surface area contributed by atoms with Gasteiger partial charge in [0.15, 0.2) is 11.5 Å². The fourth-order valence-corrected chi connectivity index (χ4v) is 4.40. The lowest BCUT2D eigenvalue weighted by atomic mass is 10.0. The van der Waals surface area contributed by atoms with Crippen molar-refractivity contribution in [2.45, 2.75) is 23.6 Å². The highest BCUT2D eigenvalue weighted by Gasteiger charge is 2.35. The van der Waals surface area contributed by atoms with Crippen LogP contribution in [-0.2, 0) is 26.2 Å². The summed E-state index contributed by atoms with van der Waals surface area (Å²) in [5.41, 5.74) is 0.995. The minimum atomic E-state index is -4.12. The van der Waals surface area contributed by atoms with Gasteiger partial charge in [0.25, 0.3) is 0 Å². The molecule has 2 unspecified atom stereocenters. The van der Waals surface area contributed by atoms with Crippen molar-refractivity contribution < 1.29 is 32.5 Å². The number of hydrogen-bond donors (Lipinski definition) is 2. The van der Waals surface area contributed by atoms with Gasteiger partial charge in [0.2, 0.25) is 16.8 Å². The normalized spacial score (nSPS) is 14.5. The Morgan fingerprint density at radius 1 is 0.969 bits per heavy atom. The lowest BCUT2D eigenvalue weighted by Crippen LogP contribution is -2.45. The zero-order valence-corrected chi connectivity index (χ0v) is 17.7. The highest BCUT2D eigenvalue weighted by atomic mass is 32.2. The molecular weight excluding hydrogens is 434 g/mol. The van der Waals surface area contributed by atoms with E-state index in [-0.39, 0.29) is 23.9 Å². The van der Waals surface area contributed by atoms with Crippen LogP contribution < -0.4 is 14.2 Å². The van der Waals surface area contributed by atoms with E-state index in [2.05, 4.69) is 4.72 Å². The number of ether oxygens (including phenoxy) is 3. The maximum atomic E-state index is 12.9. The van der Waals surface area contributed by atoms with Crippen molar-refractivity contribution >= 4 is 16.0 Å². The smallest absolute Gasteiger partial charge is 0.327 e. The minimum absolute atomic E-state index is 0.0397. The highest BCUT2D eigenvalue weighted by molar-refractivity contribution is 7.89. The SMILES string of the molecule is O=C(OCc1ccccc1)C(NS(=O)(=O)c1ccccc1)C(O)c1ccc2c(c1)OCO2. The fraction of sp³-hybridized carbons (Fsp3) is 0.174. The Morgan fingerprint density at radius 2 is 1.62 bits per heavy atom. The van der Waals surface area contributed by atoms with E-state index < -0.39 is 28.1 Å². The third kappa shape index (κ3) is 4.91. The van der Waals surface area contributed by atoms with Crippen molar-refractivity contribution in [1.29, 1.82) is 0 Å². The largest absolute Gasteiger partial charge is 0.460 e. The molecule has 2 N–H and O–H groups in total. The molecular formula is C23H21NO7S. The molecule has 1 aliphatic rings. The van der Waals surface area contributed by atoms with Crippen molar-refractivity contribution in [2.75, 3.05) is 6.79 Å². The summed E-state index contributed by atoms with van der Waals surface area (Å²) >= 11 is 0. The van der Waals surface area contributed by atoms with Crippen molar-refractivity contribution in [1.82, 2.24) is 4.72 Å². The molecule has 0 bridgehead atoms. The predicted octanol–water partition coefficient (Wildman–Crippen LogP) is 2.54. The quantitative estimate of drug-likeness (QED) is 0.502. The summed E-state index contributed by atoms with van der Waals surface area (Å²) in [7, 11) is -4.12. The lowest BCUT2D eigenvalue weighted by molar-refractivity contribution is -0.150. The van der Waals surface area contributed by atoms with Crippen molar-refractivity contribution in [2.24, 2.45) is 0 Å². The second kappa shape index (κ2) is 9.39. The molecule has 0 saturated carbocycles. The number of benzene rings is 3. The van der Waals surface area contributed by atoms with E-state index >= 15 is 0 Å². The summed E-state index contributed by atoms with van der Waals surface area (Å²) in [6, 6.07) is 19.5. The summed E-state index contributed by atoms with van der Waals surface area (Å²) in [5.74, 6) is -0.0311. The van der Waals surface area contributed by atoms with Gasteiger partial charge < -0.3 is 19.3 Å². The van der Waals surface area contributed by atoms with Crippen LogP contribution in [0.5, 0.6) is 11.5 Å². The Morgan fingerprint density at radius 3 is 2.34 bits per heavy atom. The second-order valence-electron chi connectivity index (χ2n) is 7.06. The summed E-state index contributed by atoms with van der Waals surface area (Å²) in [6.07, 6.45) is -1.54. The number of sulfonamides is 1. The van der Waals surface area contributed by atoms with E-state index in [0.29, 0.717) is 11.5 Å². The van der Waals surface area contributed by atoms with Gasteiger partial charge >= 0.3 is 5.97 Å². The average molecular weight is 455 g/mol. The zero-order valence-electron chi connectivity index (χ0n) is 16.9. The Bertz CT molecular complexity index is 1180. The molecule has 9 heteroatoms. The van der Waals surface area contributed by atoms with Crippen LogP contribution in [0.3, 0.4) is 0 Å². The standard InChI is InChI=1S/C23H21NO7S/c25-22(17-11-12-19-20(13-17)31-15-30-19)21(23(26)29-14-16-7-3-1-4-8-16)24-32(27,28)18-9-5-2-6-10-18/h1-13,21-22,24-25H,14-15H2. The number of carbonyl (C=O) groups excluding carboxylic acids is 1. The third-order valence-electron chi connectivity index (χ3n) is 4.87. The van der Waals surface area contributed by atoms with E-state index in [9.17, 15) is 18.3 Å². The highest BCUT2D eigenvalue weighted by Crippen LogP contribution is 2.35. The summed E-state index contributed by atoms with van der Waals surface area (Å²) in [5, 5.41) is 11.0. The minimum Gasteiger partial charge on any atom is -0.460 e. The first-order valence-electron chi connectivity index (χ1n) is 9.79. The van der Waals surface area contributed by atoms with Gasteiger partial charge in [0, 0.05) is 0 Å². The third-order valence-corrected chi connectivity index (χ3v) is 6.32. The van der Waals surface area contributed by atoms with Gasteiger partial charge in [-0.3, -0.25) is 4.79 Å². The van der Waals surface area contributed by atoms with Crippen molar-refractivity contribution in [3.8, 4) is 11.5 Å². The van der Waals surface area contributed by atoms with E-state index in [1.54, 1.807) is 48.5 Å². The van der Waals surface area contributed by atoms with Crippen LogP contribution in [0.25, 0.3) is 0 Å². The first-order valence-corrected chi connectivity index (χ1v) is 11.3. The number of esters is 1. The molecule has 1 aliphatic heterocycles. The van der Waals surface area contributed by atoms with Gasteiger partial charge in [0.1, 0.15) is 18.8 Å². The molecule has 1 heterocycles. The maximum absolute atomic E-state index is 12.9. The molecule has 8 nitrogen and oxygen atoms in total. The number of aliphatic hydroxyl groups is 1. The Balaban J connectivity index is 1.60. The van der Waals surface area contributed by atoms with Gasteiger partial charge in [-0.25, -0.2) is 8.42 Å². The van der Waals surface area contributed by atoms with E-state index in [1.165, 1.54) is 24.3 Å². The van der Waals surface area contributed by atoms with E-state index in [0.717, 1.165) is 5.56 Å². The Kier molecular flexibility index (Phi) is 6.40. The number of aliphatic hydroxyl groups excluding tert-OH is 1. The molecule has 0 aliphatic carbocycles. The molecule has 0 aromatic heterocycles. The van der Waals surface area contributed by atoms with Crippen LogP contribution in [0.1, 0.15) is 17.2 Å². The average Bonchev–Trinajstić information content (AvgIpc) is 3.30.